The topological polar surface area (TPSA) is 77.5 Å². The van der Waals surface area contributed by atoms with Crippen molar-refractivity contribution in [2.24, 2.45) is 0 Å². The lowest BCUT2D eigenvalue weighted by atomic mass is 10.1. The van der Waals surface area contributed by atoms with E-state index in [4.69, 9.17) is 4.74 Å². The summed E-state index contributed by atoms with van der Waals surface area (Å²) in [6.07, 6.45) is 0. The van der Waals surface area contributed by atoms with Crippen LogP contribution < -0.4 is 10.1 Å². The van der Waals surface area contributed by atoms with Gasteiger partial charge in [-0.15, -0.1) is 0 Å². The minimum absolute atomic E-state index is 0.0501. The minimum atomic E-state index is -3.03. The van der Waals surface area contributed by atoms with Crippen LogP contribution in [0.2, 0.25) is 0 Å². The Labute approximate surface area is 159 Å². The molecule has 1 N–H and O–H groups in total. The fourth-order valence-corrected chi connectivity index (χ4v) is 2.64. The highest BCUT2D eigenvalue weighted by Gasteiger charge is 2.16. The normalized spacial score (nSPS) is 10.7. The summed E-state index contributed by atoms with van der Waals surface area (Å²) in [5.41, 5.74) is 1.61. The second-order valence-electron chi connectivity index (χ2n) is 5.83. The van der Waals surface area contributed by atoms with Crippen molar-refractivity contribution in [3.05, 3.63) is 65.9 Å². The van der Waals surface area contributed by atoms with Crippen LogP contribution in [0.3, 0.4) is 0 Å². The Morgan fingerprint density at radius 3 is 2.61 bits per heavy atom. The van der Waals surface area contributed by atoms with Gasteiger partial charge in [0, 0.05) is 11.1 Å². The molecule has 144 valence electrons. The van der Waals surface area contributed by atoms with Crippen LogP contribution >= 0.6 is 0 Å². The van der Waals surface area contributed by atoms with E-state index in [0.29, 0.717) is 16.6 Å². The van der Waals surface area contributed by atoms with E-state index >= 15 is 0 Å². The molecule has 0 aliphatic heterocycles. The molecule has 6 nitrogen and oxygen atoms in total. The highest BCUT2D eigenvalue weighted by atomic mass is 19.3. The minimum Gasteiger partial charge on any atom is -0.452 e. The second-order valence-corrected chi connectivity index (χ2v) is 5.83. The first-order valence-electron chi connectivity index (χ1n) is 8.31. The van der Waals surface area contributed by atoms with Crippen molar-refractivity contribution in [3.63, 3.8) is 0 Å². The molecule has 0 saturated carbocycles. The van der Waals surface area contributed by atoms with Gasteiger partial charge in [0.15, 0.2) is 6.61 Å². The van der Waals surface area contributed by atoms with Crippen molar-refractivity contribution in [1.29, 1.82) is 0 Å². The van der Waals surface area contributed by atoms with Crippen LogP contribution in [-0.4, -0.2) is 30.1 Å². The first-order valence-corrected chi connectivity index (χ1v) is 8.31. The van der Waals surface area contributed by atoms with Crippen molar-refractivity contribution in [1.82, 2.24) is 4.98 Å². The van der Waals surface area contributed by atoms with Gasteiger partial charge in [0.05, 0.1) is 16.8 Å². The van der Waals surface area contributed by atoms with Crippen LogP contribution in [0.25, 0.3) is 10.9 Å². The number of anilines is 1. The number of para-hydroxylation sites is 3. The van der Waals surface area contributed by atoms with Crippen LogP contribution in [0.4, 0.5) is 14.5 Å². The lowest BCUT2D eigenvalue weighted by molar-refractivity contribution is -0.119. The van der Waals surface area contributed by atoms with Crippen molar-refractivity contribution in [2.45, 2.75) is 13.5 Å². The smallest absolute Gasteiger partial charge is 0.387 e. The van der Waals surface area contributed by atoms with Crippen LogP contribution in [0, 0.1) is 6.92 Å². The Morgan fingerprint density at radius 2 is 1.82 bits per heavy atom. The van der Waals surface area contributed by atoms with E-state index in [9.17, 15) is 18.4 Å². The molecule has 0 unspecified atom stereocenters. The summed E-state index contributed by atoms with van der Waals surface area (Å²) < 4.78 is 34.3. The number of esters is 1. The number of amides is 1. The molecule has 3 aromatic rings. The van der Waals surface area contributed by atoms with E-state index in [1.807, 2.05) is 0 Å². The predicted molar refractivity (Wildman–Crippen MR) is 98.5 cm³/mol. The number of pyridine rings is 1. The summed E-state index contributed by atoms with van der Waals surface area (Å²) in [7, 11) is 0. The maximum Gasteiger partial charge on any atom is 0.387 e. The standard InChI is InChI=1S/C20H16F2N2O4/c1-12-10-14(13-6-2-3-7-15(13)23-12)19(26)27-11-18(25)24-16-8-4-5-9-17(16)28-20(21)22/h2-10,20H,11H2,1H3,(H,24,25). The van der Waals surface area contributed by atoms with Gasteiger partial charge in [-0.1, -0.05) is 30.3 Å². The number of nitrogens with zero attached hydrogens (tertiary/aromatic N) is 1. The molecule has 8 heteroatoms. The first-order chi connectivity index (χ1) is 13.4. The van der Waals surface area contributed by atoms with Crippen molar-refractivity contribution in [3.8, 4) is 5.75 Å². The van der Waals surface area contributed by atoms with Crippen LogP contribution in [0.15, 0.2) is 54.6 Å². The number of hydrogen-bond acceptors (Lipinski definition) is 5. The van der Waals surface area contributed by atoms with Crippen LogP contribution in [-0.2, 0) is 9.53 Å². The molecular formula is C20H16F2N2O4. The van der Waals surface area contributed by atoms with Crippen molar-refractivity contribution < 1.29 is 27.8 Å². The summed E-state index contributed by atoms with van der Waals surface area (Å²) in [5, 5.41) is 2.99. The SMILES string of the molecule is Cc1cc(C(=O)OCC(=O)Nc2ccccc2OC(F)F)c2ccccc2n1. The number of aromatic nitrogens is 1. The highest BCUT2D eigenvalue weighted by Crippen LogP contribution is 2.25. The zero-order valence-corrected chi connectivity index (χ0v) is 14.8. The van der Waals surface area contributed by atoms with Crippen molar-refractivity contribution in [2.75, 3.05) is 11.9 Å². The average Bonchev–Trinajstić information content (AvgIpc) is 2.66. The van der Waals surface area contributed by atoms with Gasteiger partial charge >= 0.3 is 12.6 Å². The number of alkyl halides is 2. The summed E-state index contributed by atoms with van der Waals surface area (Å²) in [5.74, 6) is -1.56. The molecule has 1 amide bonds. The van der Waals surface area contributed by atoms with E-state index in [2.05, 4.69) is 15.0 Å². The van der Waals surface area contributed by atoms with Gasteiger partial charge in [-0.2, -0.15) is 8.78 Å². The molecular weight excluding hydrogens is 370 g/mol. The fourth-order valence-electron chi connectivity index (χ4n) is 2.64. The summed E-state index contributed by atoms with van der Waals surface area (Å²) in [4.78, 5) is 28.8. The molecule has 0 radical (unpaired) electrons. The zero-order valence-electron chi connectivity index (χ0n) is 14.8. The number of hydrogen-bond donors (Lipinski definition) is 1. The van der Waals surface area contributed by atoms with E-state index in [-0.39, 0.29) is 17.0 Å². The first kappa shape index (κ1) is 19.2. The van der Waals surface area contributed by atoms with Gasteiger partial charge in [-0.3, -0.25) is 9.78 Å². The predicted octanol–water partition coefficient (Wildman–Crippen LogP) is 3.94. The van der Waals surface area contributed by atoms with E-state index in [1.54, 1.807) is 43.3 Å². The Morgan fingerprint density at radius 1 is 1.11 bits per heavy atom. The maximum absolute atomic E-state index is 12.4. The summed E-state index contributed by atoms with van der Waals surface area (Å²) in [6, 6.07) is 14.4. The molecule has 0 atom stereocenters. The number of ether oxygens (including phenoxy) is 2. The molecule has 1 heterocycles. The lowest BCUT2D eigenvalue weighted by Crippen LogP contribution is -2.21. The van der Waals surface area contributed by atoms with Gasteiger partial charge in [0.2, 0.25) is 0 Å². The molecule has 2 aromatic carbocycles. The third-order valence-corrected chi connectivity index (χ3v) is 3.78. The second kappa shape index (κ2) is 8.43. The van der Waals surface area contributed by atoms with E-state index < -0.39 is 25.1 Å². The average molecular weight is 386 g/mol. The Bertz CT molecular complexity index is 1020. The largest absolute Gasteiger partial charge is 0.452 e. The molecule has 0 bridgehead atoms. The third kappa shape index (κ3) is 4.59. The number of nitrogens with one attached hydrogen (secondary N) is 1. The fraction of sp³-hybridized carbons (Fsp3) is 0.150. The molecule has 3 rings (SSSR count). The van der Waals surface area contributed by atoms with E-state index in [0.717, 1.165) is 0 Å². The van der Waals surface area contributed by atoms with Gasteiger partial charge in [0.1, 0.15) is 5.75 Å². The number of benzene rings is 2. The van der Waals surface area contributed by atoms with Gasteiger partial charge in [-0.25, -0.2) is 4.79 Å². The molecule has 1 aromatic heterocycles. The molecule has 0 spiro atoms. The quantitative estimate of drug-likeness (QED) is 0.650. The summed E-state index contributed by atoms with van der Waals surface area (Å²) in [6.45, 7) is -1.87. The van der Waals surface area contributed by atoms with E-state index in [1.165, 1.54) is 18.2 Å². The number of rotatable bonds is 6. The number of halogens is 2. The number of carbonyl (C=O) groups excluding carboxylic acids is 2. The van der Waals surface area contributed by atoms with Gasteiger partial charge in [0.25, 0.3) is 5.91 Å². The lowest BCUT2D eigenvalue weighted by Gasteiger charge is -2.12. The monoisotopic (exact) mass is 386 g/mol. The highest BCUT2D eigenvalue weighted by molar-refractivity contribution is 6.04. The molecule has 28 heavy (non-hydrogen) atoms. The maximum atomic E-state index is 12.4. The van der Waals surface area contributed by atoms with Crippen molar-refractivity contribution >= 4 is 28.5 Å². The molecule has 0 fully saturated rings. The third-order valence-electron chi connectivity index (χ3n) is 3.78. The number of aryl methyl sites for hydroxylation is 1. The Balaban J connectivity index is 1.68. The Kier molecular flexibility index (Phi) is 5.78. The van der Waals surface area contributed by atoms with Crippen LogP contribution in [0.5, 0.6) is 5.75 Å². The van der Waals surface area contributed by atoms with Gasteiger partial charge in [-0.05, 0) is 31.2 Å². The number of fused-ring (bicyclic) bond motifs is 1. The molecule has 0 saturated heterocycles. The number of carbonyl (C=O) groups is 2. The molecule has 0 aliphatic rings. The zero-order chi connectivity index (χ0) is 20.1. The van der Waals surface area contributed by atoms with Gasteiger partial charge < -0.3 is 14.8 Å². The summed E-state index contributed by atoms with van der Waals surface area (Å²) >= 11 is 0. The molecule has 0 aliphatic carbocycles. The Hall–Kier alpha value is -3.55. The van der Waals surface area contributed by atoms with Crippen LogP contribution in [0.1, 0.15) is 16.1 Å².